The summed E-state index contributed by atoms with van der Waals surface area (Å²) in [5.74, 6) is 0.390. The molecule has 1 unspecified atom stereocenters. The molecule has 0 aliphatic rings. The summed E-state index contributed by atoms with van der Waals surface area (Å²) in [6, 6.07) is 0. The summed E-state index contributed by atoms with van der Waals surface area (Å²) in [4.78, 5) is 0. The Bertz CT molecular complexity index is 440. The highest BCUT2D eigenvalue weighted by atomic mass is 14.1. The average molecular weight is 284 g/mol. The van der Waals surface area contributed by atoms with Gasteiger partial charge in [-0.05, 0) is 37.8 Å². The topological polar surface area (TPSA) is 0 Å². The van der Waals surface area contributed by atoms with Crippen molar-refractivity contribution in [3.05, 3.63) is 84.6 Å². The van der Waals surface area contributed by atoms with Crippen LogP contribution >= 0.6 is 0 Å². The Kier molecular flexibility index (Phi) is 13.5. The van der Waals surface area contributed by atoms with E-state index in [0.717, 1.165) is 11.1 Å². The van der Waals surface area contributed by atoms with Gasteiger partial charge in [0.1, 0.15) is 0 Å². The van der Waals surface area contributed by atoms with Gasteiger partial charge in [0.2, 0.25) is 0 Å². The highest BCUT2D eigenvalue weighted by Gasteiger charge is 2.01. The van der Waals surface area contributed by atoms with Crippen molar-refractivity contribution in [1.29, 1.82) is 0 Å². The minimum Gasteiger partial charge on any atom is -0.0984 e. The van der Waals surface area contributed by atoms with E-state index in [1.807, 2.05) is 26.8 Å². The van der Waals surface area contributed by atoms with Crippen LogP contribution in [0.4, 0.5) is 0 Å². The third-order valence-electron chi connectivity index (χ3n) is 3.20. The van der Waals surface area contributed by atoms with Gasteiger partial charge in [-0.1, -0.05) is 94.2 Å². The zero-order valence-corrected chi connectivity index (χ0v) is 14.7. The van der Waals surface area contributed by atoms with Crippen molar-refractivity contribution >= 4 is 0 Å². The van der Waals surface area contributed by atoms with Gasteiger partial charge in [-0.2, -0.15) is 0 Å². The normalized spacial score (nSPS) is 13.0. The van der Waals surface area contributed by atoms with Gasteiger partial charge in [-0.25, -0.2) is 0 Å². The number of hydrogen-bond donors (Lipinski definition) is 0. The number of allylic oxidation sites excluding steroid dienone is 11. The first kappa shape index (κ1) is 21.5. The van der Waals surface area contributed by atoms with Gasteiger partial charge in [0.15, 0.2) is 0 Å². The maximum Gasteiger partial charge on any atom is -0.00479 e. The van der Waals surface area contributed by atoms with E-state index in [4.69, 9.17) is 0 Å². The van der Waals surface area contributed by atoms with E-state index in [-0.39, 0.29) is 0 Å². The predicted molar refractivity (Wildman–Crippen MR) is 100 cm³/mol. The van der Waals surface area contributed by atoms with Gasteiger partial charge in [0.05, 0.1) is 0 Å². The first-order chi connectivity index (χ1) is 9.99. The second kappa shape index (κ2) is 13.2. The van der Waals surface area contributed by atoms with Gasteiger partial charge in [0.25, 0.3) is 0 Å². The Morgan fingerprint density at radius 2 is 1.38 bits per heavy atom. The van der Waals surface area contributed by atoms with E-state index >= 15 is 0 Å². The molecule has 21 heavy (non-hydrogen) atoms. The Morgan fingerprint density at radius 1 is 0.905 bits per heavy atom. The van der Waals surface area contributed by atoms with Crippen LogP contribution in [0.5, 0.6) is 0 Å². The molecule has 0 heteroatoms. The Morgan fingerprint density at radius 3 is 1.76 bits per heavy atom. The van der Waals surface area contributed by atoms with Crippen LogP contribution in [0, 0.1) is 5.92 Å². The van der Waals surface area contributed by atoms with Crippen LogP contribution in [0.1, 0.15) is 41.5 Å². The van der Waals surface area contributed by atoms with Gasteiger partial charge >= 0.3 is 0 Å². The largest absolute Gasteiger partial charge is 0.0984 e. The second-order valence-corrected chi connectivity index (χ2v) is 4.59. The molecule has 0 aromatic carbocycles. The monoisotopic (exact) mass is 284 g/mol. The van der Waals surface area contributed by atoms with Crippen molar-refractivity contribution in [1.82, 2.24) is 0 Å². The molecule has 0 bridgehead atoms. The van der Waals surface area contributed by atoms with Crippen LogP contribution in [0.25, 0.3) is 0 Å². The number of hydrogen-bond acceptors (Lipinski definition) is 0. The van der Waals surface area contributed by atoms with Crippen molar-refractivity contribution in [2.45, 2.75) is 41.5 Å². The lowest BCUT2D eigenvalue weighted by Crippen LogP contribution is -1.93. The molecule has 1 atom stereocenters. The van der Waals surface area contributed by atoms with Crippen molar-refractivity contribution in [3.63, 3.8) is 0 Å². The molecule has 0 N–H and O–H groups in total. The molecule has 0 aliphatic heterocycles. The molecule has 0 saturated heterocycles. The minimum absolute atomic E-state index is 0.390. The fourth-order valence-electron chi connectivity index (χ4n) is 1.50. The average Bonchev–Trinajstić information content (AvgIpc) is 2.53. The third kappa shape index (κ3) is 8.86. The van der Waals surface area contributed by atoms with Crippen LogP contribution in [-0.4, -0.2) is 0 Å². The maximum atomic E-state index is 3.85. The summed E-state index contributed by atoms with van der Waals surface area (Å²) in [7, 11) is 0. The van der Waals surface area contributed by atoms with Crippen molar-refractivity contribution in [2.75, 3.05) is 0 Å². The lowest BCUT2D eigenvalue weighted by atomic mass is 9.97. The summed E-state index contributed by atoms with van der Waals surface area (Å²) in [6.45, 7) is 23.9. The molecular formula is C21H32. The molecule has 0 rings (SSSR count). The van der Waals surface area contributed by atoms with E-state index in [0.29, 0.717) is 5.92 Å². The van der Waals surface area contributed by atoms with Crippen molar-refractivity contribution in [2.24, 2.45) is 5.92 Å². The van der Waals surface area contributed by atoms with Crippen LogP contribution in [0.2, 0.25) is 0 Å². The minimum atomic E-state index is 0.390. The van der Waals surface area contributed by atoms with E-state index in [1.54, 1.807) is 12.2 Å². The van der Waals surface area contributed by atoms with Crippen LogP contribution < -0.4 is 0 Å². The standard InChI is InChI=1S/C19H26.C2H6/c1-8-15(5)12-13-16(6)17(7)14-19(11-4)18(9-2)10-3;1-2/h8-14,16H,2-4H2,1,5-7H3;1-2H3/b13-12-,15-8-,17-14+;. The molecule has 116 valence electrons. The van der Waals surface area contributed by atoms with E-state index in [2.05, 4.69) is 64.8 Å². The molecule has 0 radical (unpaired) electrons. The van der Waals surface area contributed by atoms with E-state index in [1.165, 1.54) is 11.1 Å². The zero-order valence-electron chi connectivity index (χ0n) is 14.7. The lowest BCUT2D eigenvalue weighted by Gasteiger charge is -2.09. The third-order valence-corrected chi connectivity index (χ3v) is 3.20. The summed E-state index contributed by atoms with van der Waals surface area (Å²) in [6.07, 6.45) is 14.1. The van der Waals surface area contributed by atoms with Gasteiger partial charge < -0.3 is 0 Å². The first-order valence-corrected chi connectivity index (χ1v) is 7.61. The molecule has 0 nitrogen and oxygen atoms in total. The predicted octanol–water partition coefficient (Wildman–Crippen LogP) is 6.97. The van der Waals surface area contributed by atoms with Crippen molar-refractivity contribution in [3.8, 4) is 0 Å². The molecule has 0 aromatic rings. The van der Waals surface area contributed by atoms with Crippen LogP contribution in [-0.2, 0) is 0 Å². The van der Waals surface area contributed by atoms with E-state index in [9.17, 15) is 0 Å². The van der Waals surface area contributed by atoms with Gasteiger partial charge in [-0.15, -0.1) is 0 Å². The fraction of sp³-hybridized carbons (Fsp3) is 0.333. The van der Waals surface area contributed by atoms with E-state index < -0.39 is 0 Å². The van der Waals surface area contributed by atoms with Crippen LogP contribution in [0.3, 0.4) is 0 Å². The molecule has 0 aromatic heterocycles. The highest BCUT2D eigenvalue weighted by Crippen LogP contribution is 2.18. The van der Waals surface area contributed by atoms with Gasteiger partial charge in [-0.3, -0.25) is 0 Å². The lowest BCUT2D eigenvalue weighted by molar-refractivity contribution is 0.860. The van der Waals surface area contributed by atoms with Gasteiger partial charge in [0, 0.05) is 0 Å². The Balaban J connectivity index is 0. The molecule has 0 aliphatic carbocycles. The smallest absolute Gasteiger partial charge is 0.00479 e. The molecule has 0 amide bonds. The number of rotatable bonds is 7. The van der Waals surface area contributed by atoms with Crippen LogP contribution in [0.15, 0.2) is 84.6 Å². The SMILES string of the molecule is C=CC(C=C)=C(C=C)/C=C(\C)C(C)/C=C\C(C)=C/C.CC. The summed E-state index contributed by atoms with van der Waals surface area (Å²) in [5, 5.41) is 0. The second-order valence-electron chi connectivity index (χ2n) is 4.59. The van der Waals surface area contributed by atoms with Crippen molar-refractivity contribution < 1.29 is 0 Å². The molecule has 0 heterocycles. The quantitative estimate of drug-likeness (QED) is 0.443. The molecule has 0 saturated carbocycles. The summed E-state index contributed by atoms with van der Waals surface area (Å²) in [5.41, 5.74) is 4.63. The Hall–Kier alpha value is -1.82. The zero-order chi connectivity index (χ0) is 16.8. The first-order valence-electron chi connectivity index (χ1n) is 7.61. The Labute approximate surface area is 132 Å². The maximum absolute atomic E-state index is 3.85. The molecule has 0 spiro atoms. The molecular weight excluding hydrogens is 252 g/mol. The fourth-order valence-corrected chi connectivity index (χ4v) is 1.50. The summed E-state index contributed by atoms with van der Waals surface area (Å²) >= 11 is 0. The molecule has 0 fully saturated rings. The summed E-state index contributed by atoms with van der Waals surface area (Å²) < 4.78 is 0. The highest BCUT2D eigenvalue weighted by molar-refractivity contribution is 5.46.